The maximum Gasteiger partial charge on any atom is 0.135 e. The van der Waals surface area contributed by atoms with Crippen LogP contribution in [0.4, 0.5) is 5.00 Å². The summed E-state index contributed by atoms with van der Waals surface area (Å²) >= 11 is 1.41. The summed E-state index contributed by atoms with van der Waals surface area (Å²) in [5, 5.41) is 13.1. The van der Waals surface area contributed by atoms with E-state index < -0.39 is 0 Å². The van der Waals surface area contributed by atoms with Crippen LogP contribution in [-0.4, -0.2) is 25.9 Å². The smallest absolute Gasteiger partial charge is 0.135 e. The van der Waals surface area contributed by atoms with Crippen molar-refractivity contribution in [2.75, 3.05) is 11.9 Å². The lowest BCUT2D eigenvalue weighted by Gasteiger charge is -2.05. The van der Waals surface area contributed by atoms with E-state index in [0.29, 0.717) is 6.54 Å². The summed E-state index contributed by atoms with van der Waals surface area (Å²) in [5.74, 6) is 0. The van der Waals surface area contributed by atoms with Crippen molar-refractivity contribution in [1.82, 2.24) is 19.4 Å². The van der Waals surface area contributed by atoms with Crippen molar-refractivity contribution in [1.29, 1.82) is 0 Å². The normalized spacial score (nSPS) is 10.8. The van der Waals surface area contributed by atoms with E-state index in [4.69, 9.17) is 0 Å². The van der Waals surface area contributed by atoms with Gasteiger partial charge in [0.1, 0.15) is 10.7 Å². The van der Waals surface area contributed by atoms with Gasteiger partial charge in [0.15, 0.2) is 0 Å². The molecule has 0 bridgehead atoms. The molecule has 2 rings (SSSR count). The van der Waals surface area contributed by atoms with Crippen LogP contribution < -0.4 is 5.32 Å². The van der Waals surface area contributed by atoms with Gasteiger partial charge in [0.2, 0.25) is 0 Å². The summed E-state index contributed by atoms with van der Waals surface area (Å²) in [7, 11) is 0. The summed E-state index contributed by atoms with van der Waals surface area (Å²) in [4.78, 5) is 0. The maximum atomic E-state index is 4.60. The van der Waals surface area contributed by atoms with E-state index in [2.05, 4.69) is 46.8 Å². The average Bonchev–Trinajstić information content (AvgIpc) is 2.97. The fraction of sp³-hybridized carbons (Fsp3) is 0.583. The highest BCUT2D eigenvalue weighted by Gasteiger charge is 2.11. The highest BCUT2D eigenvalue weighted by atomic mass is 32.1. The Morgan fingerprint density at radius 3 is 2.78 bits per heavy atom. The zero-order chi connectivity index (χ0) is 13.0. The quantitative estimate of drug-likeness (QED) is 0.871. The largest absolute Gasteiger partial charge is 0.374 e. The van der Waals surface area contributed by atoms with Crippen LogP contribution in [0.3, 0.4) is 0 Å². The van der Waals surface area contributed by atoms with Gasteiger partial charge in [0.25, 0.3) is 0 Å². The van der Waals surface area contributed by atoms with Crippen molar-refractivity contribution in [3.05, 3.63) is 23.1 Å². The monoisotopic (exact) mass is 265 g/mol. The van der Waals surface area contributed by atoms with Crippen LogP contribution in [0.5, 0.6) is 0 Å². The zero-order valence-corrected chi connectivity index (χ0v) is 11.9. The molecule has 0 aromatic carbocycles. The van der Waals surface area contributed by atoms with Gasteiger partial charge in [-0.2, -0.15) is 5.10 Å². The Labute approximate surface area is 111 Å². The van der Waals surface area contributed by atoms with Gasteiger partial charge in [-0.05, 0) is 25.8 Å². The second kappa shape index (κ2) is 5.95. The Balaban J connectivity index is 2.22. The molecule has 5 nitrogen and oxygen atoms in total. The van der Waals surface area contributed by atoms with E-state index in [0.717, 1.165) is 35.8 Å². The zero-order valence-electron chi connectivity index (χ0n) is 11.1. The van der Waals surface area contributed by atoms with Crippen molar-refractivity contribution in [3.63, 3.8) is 0 Å². The molecule has 0 aliphatic rings. The number of nitrogens with zero attached hydrogens (tertiary/aromatic N) is 4. The lowest BCUT2D eigenvalue weighted by molar-refractivity contribution is 0.629. The van der Waals surface area contributed by atoms with Crippen LogP contribution in [0, 0.1) is 0 Å². The number of hydrogen-bond acceptors (Lipinski definition) is 5. The molecule has 2 heterocycles. The van der Waals surface area contributed by atoms with Crippen molar-refractivity contribution >= 4 is 16.5 Å². The molecule has 98 valence electrons. The molecule has 0 aliphatic carbocycles. The predicted molar refractivity (Wildman–Crippen MR) is 74.2 cm³/mol. The molecule has 0 atom stereocenters. The van der Waals surface area contributed by atoms with Gasteiger partial charge in [0.05, 0.1) is 12.2 Å². The number of aromatic nitrogens is 4. The number of hydrogen-bond donors (Lipinski definition) is 1. The van der Waals surface area contributed by atoms with Gasteiger partial charge < -0.3 is 5.32 Å². The number of anilines is 1. The topological polar surface area (TPSA) is 55.6 Å². The van der Waals surface area contributed by atoms with Gasteiger partial charge in [-0.25, -0.2) is 0 Å². The maximum absolute atomic E-state index is 4.60. The minimum Gasteiger partial charge on any atom is -0.374 e. The minimum absolute atomic E-state index is 0.696. The van der Waals surface area contributed by atoms with Gasteiger partial charge in [-0.3, -0.25) is 4.68 Å². The second-order valence-corrected chi connectivity index (χ2v) is 4.82. The molecular weight excluding hydrogens is 246 g/mol. The standard InChI is InChI=1S/C12H19N5S/c1-4-9-7-10(5-2)17(15-9)8-11-12(13-6-3)18-16-14-11/h7,13H,4-6,8H2,1-3H3. The Morgan fingerprint density at radius 1 is 1.28 bits per heavy atom. The predicted octanol–water partition coefficient (Wildman–Crippen LogP) is 2.34. The first-order valence-corrected chi connectivity index (χ1v) is 7.16. The summed E-state index contributed by atoms with van der Waals surface area (Å²) in [6.07, 6.45) is 1.95. The first-order valence-electron chi connectivity index (χ1n) is 6.39. The second-order valence-electron chi connectivity index (χ2n) is 4.07. The van der Waals surface area contributed by atoms with Crippen LogP contribution >= 0.6 is 11.5 Å². The molecule has 0 radical (unpaired) electrons. The van der Waals surface area contributed by atoms with E-state index >= 15 is 0 Å². The van der Waals surface area contributed by atoms with Gasteiger partial charge >= 0.3 is 0 Å². The van der Waals surface area contributed by atoms with Crippen molar-refractivity contribution < 1.29 is 0 Å². The van der Waals surface area contributed by atoms with Crippen molar-refractivity contribution in [3.8, 4) is 0 Å². The molecule has 1 N–H and O–H groups in total. The molecule has 0 unspecified atom stereocenters. The average molecular weight is 265 g/mol. The lowest BCUT2D eigenvalue weighted by atomic mass is 10.2. The van der Waals surface area contributed by atoms with E-state index in [1.165, 1.54) is 17.2 Å². The van der Waals surface area contributed by atoms with E-state index in [9.17, 15) is 0 Å². The molecule has 18 heavy (non-hydrogen) atoms. The van der Waals surface area contributed by atoms with E-state index in [1.54, 1.807) is 0 Å². The summed E-state index contributed by atoms with van der Waals surface area (Å²) in [6, 6.07) is 2.17. The number of rotatable bonds is 6. The third kappa shape index (κ3) is 2.69. The Hall–Kier alpha value is -1.43. The molecule has 0 aliphatic heterocycles. The Morgan fingerprint density at radius 2 is 2.11 bits per heavy atom. The van der Waals surface area contributed by atoms with E-state index in [-0.39, 0.29) is 0 Å². The molecule has 0 fully saturated rings. The molecule has 2 aromatic heterocycles. The number of nitrogens with one attached hydrogen (secondary N) is 1. The SMILES string of the molecule is CCNc1snnc1Cn1nc(CC)cc1CC. The summed E-state index contributed by atoms with van der Waals surface area (Å²) in [5.41, 5.74) is 3.37. The molecule has 0 saturated carbocycles. The van der Waals surface area contributed by atoms with Crippen molar-refractivity contribution in [2.45, 2.75) is 40.2 Å². The van der Waals surface area contributed by atoms with E-state index in [1.807, 2.05) is 4.68 Å². The minimum atomic E-state index is 0.696. The van der Waals surface area contributed by atoms with Crippen LogP contribution in [0.1, 0.15) is 37.9 Å². The van der Waals surface area contributed by atoms with Crippen LogP contribution in [0.2, 0.25) is 0 Å². The van der Waals surface area contributed by atoms with Gasteiger partial charge in [-0.1, -0.05) is 18.3 Å². The molecule has 0 amide bonds. The molecule has 6 heteroatoms. The first-order chi connectivity index (χ1) is 8.78. The third-order valence-electron chi connectivity index (χ3n) is 2.83. The fourth-order valence-electron chi connectivity index (χ4n) is 1.86. The number of aryl methyl sites for hydroxylation is 2. The Kier molecular flexibility index (Phi) is 4.30. The highest BCUT2D eigenvalue weighted by molar-refractivity contribution is 7.10. The van der Waals surface area contributed by atoms with Gasteiger partial charge in [0, 0.05) is 23.8 Å². The Bertz CT molecular complexity index is 502. The first kappa shape index (κ1) is 13.0. The van der Waals surface area contributed by atoms with Crippen molar-refractivity contribution in [2.24, 2.45) is 0 Å². The highest BCUT2D eigenvalue weighted by Crippen LogP contribution is 2.19. The summed E-state index contributed by atoms with van der Waals surface area (Å²) in [6.45, 7) is 7.93. The molecule has 0 spiro atoms. The van der Waals surface area contributed by atoms with Crippen LogP contribution in [-0.2, 0) is 19.4 Å². The molecular formula is C12H19N5S. The summed E-state index contributed by atoms with van der Waals surface area (Å²) < 4.78 is 6.05. The lowest BCUT2D eigenvalue weighted by Crippen LogP contribution is -2.08. The third-order valence-corrected chi connectivity index (χ3v) is 3.56. The fourth-order valence-corrected chi connectivity index (χ4v) is 2.50. The molecule has 0 saturated heterocycles. The van der Waals surface area contributed by atoms with Gasteiger partial charge in [-0.15, -0.1) is 5.10 Å². The van der Waals surface area contributed by atoms with Crippen LogP contribution in [0.25, 0.3) is 0 Å². The van der Waals surface area contributed by atoms with Crippen LogP contribution in [0.15, 0.2) is 6.07 Å². The molecule has 2 aromatic rings.